The van der Waals surface area contributed by atoms with E-state index in [-0.39, 0.29) is 24.5 Å². The molecule has 3 aromatic rings. The highest BCUT2D eigenvalue weighted by atomic mass is 79.9. The van der Waals surface area contributed by atoms with Gasteiger partial charge in [0.25, 0.3) is 0 Å². The summed E-state index contributed by atoms with van der Waals surface area (Å²) in [5.74, 6) is -0.216. The van der Waals surface area contributed by atoms with Crippen LogP contribution in [0.4, 0.5) is 5.69 Å². The first-order valence-corrected chi connectivity index (χ1v) is 14.1. The number of ether oxygens (including phenoxy) is 2. The number of benzene rings is 3. The number of aliphatic hydroxyl groups excluding tert-OH is 1. The lowest BCUT2D eigenvalue weighted by atomic mass is 10.1. The summed E-state index contributed by atoms with van der Waals surface area (Å²) in [6.07, 6.45) is 1.77. The summed E-state index contributed by atoms with van der Waals surface area (Å²) in [6, 6.07) is 18.1. The molecule has 1 heterocycles. The van der Waals surface area contributed by atoms with Gasteiger partial charge in [0, 0.05) is 15.6 Å². The van der Waals surface area contributed by atoms with Crippen molar-refractivity contribution in [1.29, 1.82) is 0 Å². The van der Waals surface area contributed by atoms with Crippen LogP contribution in [0.2, 0.25) is 10.0 Å². The largest absolute Gasteiger partial charge is 0.506 e. The maximum atomic E-state index is 12.6. The van der Waals surface area contributed by atoms with Crippen LogP contribution in [0.1, 0.15) is 18.1 Å². The lowest BCUT2D eigenvalue weighted by Crippen LogP contribution is -2.12. The van der Waals surface area contributed by atoms with Gasteiger partial charge >= 0.3 is 5.97 Å². The second-order valence-electron chi connectivity index (χ2n) is 7.65. The molecule has 0 aromatic heterocycles. The van der Waals surface area contributed by atoms with Crippen molar-refractivity contribution in [1.82, 2.24) is 0 Å². The maximum absolute atomic E-state index is 12.6. The molecule has 0 bridgehead atoms. The van der Waals surface area contributed by atoms with Crippen LogP contribution in [-0.4, -0.2) is 22.7 Å². The number of carbonyl (C=O) groups excluding carboxylic acids is 1. The van der Waals surface area contributed by atoms with Crippen molar-refractivity contribution in [3.8, 4) is 5.75 Å². The van der Waals surface area contributed by atoms with Gasteiger partial charge in [-0.2, -0.15) is 0 Å². The number of aliphatic imine (C=N–C) groups is 1. The van der Waals surface area contributed by atoms with Crippen LogP contribution in [0.15, 0.2) is 90.8 Å². The molecule has 0 spiro atoms. The third-order valence-corrected chi connectivity index (χ3v) is 7.85. The van der Waals surface area contributed by atoms with Crippen molar-refractivity contribution in [3.63, 3.8) is 0 Å². The van der Waals surface area contributed by atoms with Crippen LogP contribution in [-0.2, 0) is 16.1 Å². The molecular formula is C27H19Br2Cl2NO4S. The Bertz CT molecular complexity index is 1420. The van der Waals surface area contributed by atoms with Crippen LogP contribution < -0.4 is 4.74 Å². The van der Waals surface area contributed by atoms with E-state index in [0.29, 0.717) is 40.4 Å². The summed E-state index contributed by atoms with van der Waals surface area (Å²) in [4.78, 5) is 17.7. The summed E-state index contributed by atoms with van der Waals surface area (Å²) >= 11 is 20.5. The first-order valence-electron chi connectivity index (χ1n) is 11.0. The third kappa shape index (κ3) is 6.81. The second-order valence-corrected chi connectivity index (χ2v) is 11.2. The molecule has 0 saturated carbocycles. The van der Waals surface area contributed by atoms with Crippen molar-refractivity contribution >= 4 is 89.6 Å². The fourth-order valence-corrected chi connectivity index (χ4v) is 6.30. The van der Waals surface area contributed by atoms with E-state index in [2.05, 4.69) is 36.9 Å². The number of thioether (sulfide) groups is 1. The van der Waals surface area contributed by atoms with E-state index in [4.69, 9.17) is 32.7 Å². The highest BCUT2D eigenvalue weighted by Crippen LogP contribution is 2.42. The van der Waals surface area contributed by atoms with Gasteiger partial charge in [0.2, 0.25) is 0 Å². The summed E-state index contributed by atoms with van der Waals surface area (Å²) in [6.45, 7) is 2.14. The van der Waals surface area contributed by atoms with Gasteiger partial charge in [0.1, 0.15) is 28.7 Å². The lowest BCUT2D eigenvalue weighted by Gasteiger charge is -2.12. The molecule has 0 unspecified atom stereocenters. The number of hydrogen-bond donors (Lipinski definition) is 1. The molecule has 10 heteroatoms. The van der Waals surface area contributed by atoms with Gasteiger partial charge in [-0.3, -0.25) is 0 Å². The quantitative estimate of drug-likeness (QED) is 0.252. The summed E-state index contributed by atoms with van der Waals surface area (Å²) < 4.78 is 12.5. The van der Waals surface area contributed by atoms with Crippen molar-refractivity contribution in [2.75, 3.05) is 6.61 Å². The molecule has 0 aliphatic carbocycles. The zero-order valence-corrected chi connectivity index (χ0v) is 24.8. The minimum absolute atomic E-state index is 0.0416. The molecule has 0 radical (unpaired) electrons. The molecule has 1 N–H and O–H groups in total. The van der Waals surface area contributed by atoms with Gasteiger partial charge in [0.15, 0.2) is 0 Å². The fourth-order valence-electron chi connectivity index (χ4n) is 3.35. The number of rotatable bonds is 7. The van der Waals surface area contributed by atoms with Crippen molar-refractivity contribution in [2.24, 2.45) is 4.99 Å². The molecule has 4 rings (SSSR count). The van der Waals surface area contributed by atoms with Gasteiger partial charge in [-0.15, -0.1) is 0 Å². The maximum Gasteiger partial charge on any atom is 0.344 e. The van der Waals surface area contributed by atoms with E-state index in [1.807, 2.05) is 48.5 Å². The Balaban J connectivity index is 1.62. The topological polar surface area (TPSA) is 68.1 Å². The third-order valence-electron chi connectivity index (χ3n) is 5.06. The Morgan fingerprint density at radius 1 is 1.08 bits per heavy atom. The molecule has 1 aliphatic rings. The zero-order chi connectivity index (χ0) is 26.5. The van der Waals surface area contributed by atoms with Crippen LogP contribution in [0, 0.1) is 0 Å². The fraction of sp³-hybridized carbons (Fsp3) is 0.111. The monoisotopic (exact) mass is 681 g/mol. The number of esters is 1. The van der Waals surface area contributed by atoms with Gasteiger partial charge in [0.05, 0.1) is 26.1 Å². The predicted octanol–water partition coefficient (Wildman–Crippen LogP) is 9.29. The van der Waals surface area contributed by atoms with E-state index >= 15 is 0 Å². The number of para-hydroxylation sites is 1. The van der Waals surface area contributed by atoms with Crippen LogP contribution in [0.25, 0.3) is 6.08 Å². The normalized spacial score (nSPS) is 15.5. The molecule has 3 aromatic carbocycles. The minimum Gasteiger partial charge on any atom is -0.506 e. The Labute approximate surface area is 245 Å². The molecule has 0 saturated heterocycles. The highest BCUT2D eigenvalue weighted by molar-refractivity contribution is 9.11. The molecular weight excluding hydrogens is 665 g/mol. The lowest BCUT2D eigenvalue weighted by molar-refractivity contribution is -0.138. The van der Waals surface area contributed by atoms with Crippen molar-refractivity contribution < 1.29 is 19.4 Å². The average Bonchev–Trinajstić information content (AvgIpc) is 3.14. The zero-order valence-electron chi connectivity index (χ0n) is 19.3. The Morgan fingerprint density at radius 2 is 1.78 bits per heavy atom. The molecule has 0 atom stereocenters. The highest BCUT2D eigenvalue weighted by Gasteiger charge is 2.33. The number of aliphatic hydroxyl groups is 1. The average molecular weight is 684 g/mol. The first kappa shape index (κ1) is 27.8. The van der Waals surface area contributed by atoms with Crippen molar-refractivity contribution in [2.45, 2.75) is 13.5 Å². The van der Waals surface area contributed by atoms with Crippen LogP contribution in [0.3, 0.4) is 0 Å². The molecule has 0 fully saturated rings. The first-order chi connectivity index (χ1) is 17.8. The minimum atomic E-state index is -0.627. The van der Waals surface area contributed by atoms with Gasteiger partial charge in [-0.1, -0.05) is 59.2 Å². The standard InChI is InChI=1S/C27H19Br2Cl2NO4S/c1-2-35-27(34)23-24(33)22(37-26(23)32-18-6-4-3-5-7-18)12-15-10-19(28)25(20(29)11-15)36-14-16-8-9-17(30)13-21(16)31/h3-13,33H,2,14H2,1H3/b22-12-,32-26?. The Hall–Kier alpha value is -2.23. The van der Waals surface area contributed by atoms with E-state index in [9.17, 15) is 9.90 Å². The summed E-state index contributed by atoms with van der Waals surface area (Å²) in [5.41, 5.74) is 2.26. The molecule has 0 amide bonds. The number of nitrogens with zero attached hydrogens (tertiary/aromatic N) is 1. The Morgan fingerprint density at radius 3 is 2.43 bits per heavy atom. The van der Waals surface area contributed by atoms with E-state index < -0.39 is 5.97 Å². The molecule has 5 nitrogen and oxygen atoms in total. The van der Waals surface area contributed by atoms with E-state index in [1.165, 1.54) is 11.8 Å². The van der Waals surface area contributed by atoms with E-state index in [1.54, 1.807) is 25.1 Å². The molecule has 1 aliphatic heterocycles. The second kappa shape index (κ2) is 12.5. The van der Waals surface area contributed by atoms with Gasteiger partial charge < -0.3 is 14.6 Å². The summed E-state index contributed by atoms with van der Waals surface area (Å²) in [7, 11) is 0. The SMILES string of the molecule is CCOC(=O)C1=C(O)/C(=C/c2cc(Br)c(OCc3ccc(Cl)cc3Cl)c(Br)c2)SC1=Nc1ccccc1. The van der Waals surface area contributed by atoms with Crippen LogP contribution in [0.5, 0.6) is 5.75 Å². The van der Waals surface area contributed by atoms with Crippen molar-refractivity contribution in [3.05, 3.63) is 107 Å². The summed E-state index contributed by atoms with van der Waals surface area (Å²) in [5, 5.41) is 12.4. The number of hydrogen-bond acceptors (Lipinski definition) is 6. The molecule has 190 valence electrons. The predicted molar refractivity (Wildman–Crippen MR) is 158 cm³/mol. The molecule has 37 heavy (non-hydrogen) atoms. The number of halogens is 4. The Kier molecular flexibility index (Phi) is 9.42. The van der Waals surface area contributed by atoms with Gasteiger partial charge in [-0.25, -0.2) is 9.79 Å². The van der Waals surface area contributed by atoms with Gasteiger partial charge in [-0.05, 0) is 86.8 Å². The van der Waals surface area contributed by atoms with Crippen LogP contribution >= 0.6 is 66.8 Å². The van der Waals surface area contributed by atoms with E-state index in [0.717, 1.165) is 11.1 Å². The number of carbonyl (C=O) groups is 1. The smallest absolute Gasteiger partial charge is 0.344 e.